The first-order valence-corrected chi connectivity index (χ1v) is 5.11. The van der Waals surface area contributed by atoms with Gasteiger partial charge in [0.05, 0.1) is 5.69 Å². The Morgan fingerprint density at radius 2 is 2.25 bits per heavy atom. The van der Waals surface area contributed by atoms with Crippen LogP contribution in [0.25, 0.3) is 18.0 Å². The summed E-state index contributed by atoms with van der Waals surface area (Å²) in [5, 5.41) is 4.44. The lowest BCUT2D eigenvalue weighted by atomic mass is 10.2. The quantitative estimate of drug-likeness (QED) is 0.781. The number of pyridine rings is 1. The monoisotopic (exact) mass is 211 g/mol. The van der Waals surface area contributed by atoms with E-state index in [1.807, 2.05) is 43.5 Å². The fourth-order valence-electron chi connectivity index (χ4n) is 1.45. The van der Waals surface area contributed by atoms with Gasteiger partial charge >= 0.3 is 0 Å². The Morgan fingerprint density at radius 1 is 1.38 bits per heavy atom. The third kappa shape index (κ3) is 1.93. The van der Waals surface area contributed by atoms with Crippen molar-refractivity contribution in [1.29, 1.82) is 0 Å². The van der Waals surface area contributed by atoms with Crippen molar-refractivity contribution in [2.75, 3.05) is 0 Å². The summed E-state index contributed by atoms with van der Waals surface area (Å²) in [4.78, 5) is 4.24. The number of aromatic nitrogens is 3. The number of hydrogen-bond donors (Lipinski definition) is 0. The Bertz CT molecular complexity index is 509. The lowest BCUT2D eigenvalue weighted by Gasteiger charge is -1.97. The van der Waals surface area contributed by atoms with Gasteiger partial charge in [-0.2, -0.15) is 5.10 Å². The van der Waals surface area contributed by atoms with Crippen LogP contribution < -0.4 is 0 Å². The largest absolute Gasteiger partial charge is 0.237 e. The van der Waals surface area contributed by atoms with Crippen LogP contribution in [0.1, 0.15) is 18.2 Å². The molecule has 0 N–H and O–H groups in total. The first-order valence-electron chi connectivity index (χ1n) is 5.11. The highest BCUT2D eigenvalue weighted by Gasteiger charge is 2.04. The van der Waals surface area contributed by atoms with Crippen molar-refractivity contribution < 1.29 is 0 Å². The summed E-state index contributed by atoms with van der Waals surface area (Å²) < 4.78 is 1.76. The van der Waals surface area contributed by atoms with Gasteiger partial charge in [-0.3, -0.25) is 0 Å². The van der Waals surface area contributed by atoms with Crippen molar-refractivity contribution in [2.24, 2.45) is 0 Å². The maximum absolute atomic E-state index is 4.44. The molecule has 0 aliphatic rings. The fourth-order valence-corrected chi connectivity index (χ4v) is 1.45. The zero-order valence-corrected chi connectivity index (χ0v) is 9.17. The summed E-state index contributed by atoms with van der Waals surface area (Å²) in [5.41, 5.74) is 1.91. The van der Waals surface area contributed by atoms with Crippen LogP contribution in [0.3, 0.4) is 0 Å². The molecule has 2 heterocycles. The summed E-state index contributed by atoms with van der Waals surface area (Å²) >= 11 is 0. The summed E-state index contributed by atoms with van der Waals surface area (Å²) in [5.74, 6) is 0.807. The minimum absolute atomic E-state index is 0.807. The second-order valence-electron chi connectivity index (χ2n) is 3.31. The van der Waals surface area contributed by atoms with E-state index in [-0.39, 0.29) is 0 Å². The van der Waals surface area contributed by atoms with E-state index in [0.717, 1.165) is 17.1 Å². The van der Waals surface area contributed by atoms with Crippen LogP contribution in [0, 0.1) is 0 Å². The van der Waals surface area contributed by atoms with Gasteiger partial charge in [0, 0.05) is 18.0 Å². The second-order valence-corrected chi connectivity index (χ2v) is 3.31. The molecule has 0 bridgehead atoms. The fraction of sp³-hybridized carbons (Fsp3) is 0.0769. The van der Waals surface area contributed by atoms with Crippen LogP contribution in [-0.2, 0) is 0 Å². The molecule has 16 heavy (non-hydrogen) atoms. The molecule has 0 radical (unpaired) electrons. The first-order chi connectivity index (χ1) is 7.85. The minimum atomic E-state index is 0.807. The highest BCUT2D eigenvalue weighted by Crippen LogP contribution is 2.13. The minimum Gasteiger partial charge on any atom is -0.237 e. The predicted molar refractivity (Wildman–Crippen MR) is 66.2 cm³/mol. The van der Waals surface area contributed by atoms with Crippen molar-refractivity contribution in [2.45, 2.75) is 6.92 Å². The molecule has 0 amide bonds. The van der Waals surface area contributed by atoms with Gasteiger partial charge in [0.1, 0.15) is 0 Å². The van der Waals surface area contributed by atoms with E-state index < -0.39 is 0 Å². The average molecular weight is 211 g/mol. The summed E-state index contributed by atoms with van der Waals surface area (Å²) in [6.07, 6.45) is 9.38. The zero-order valence-electron chi connectivity index (χ0n) is 9.17. The normalized spacial score (nSPS) is 10.8. The van der Waals surface area contributed by atoms with Crippen molar-refractivity contribution in [3.05, 3.63) is 54.5 Å². The molecule has 3 heteroatoms. The van der Waals surface area contributed by atoms with E-state index in [2.05, 4.69) is 16.7 Å². The molecule has 3 nitrogen and oxygen atoms in total. The standard InChI is InChI=1S/C13H13N3/c1-3-7-12-11(4-2)10-16(15-12)13-8-5-6-9-14-13/h3-10H,2H2,1H3/b7-3-. The molecule has 80 valence electrons. The molecule has 0 unspecified atom stereocenters. The molecule has 0 aliphatic heterocycles. The molecule has 2 aromatic heterocycles. The second kappa shape index (κ2) is 4.57. The predicted octanol–water partition coefficient (Wildman–Crippen LogP) is 2.94. The van der Waals surface area contributed by atoms with E-state index in [1.54, 1.807) is 17.0 Å². The molecule has 0 saturated carbocycles. The van der Waals surface area contributed by atoms with E-state index >= 15 is 0 Å². The van der Waals surface area contributed by atoms with Gasteiger partial charge in [0.15, 0.2) is 5.82 Å². The Labute approximate surface area is 94.8 Å². The molecule has 0 saturated heterocycles. The SMILES string of the molecule is C=Cc1cn(-c2ccccn2)nc1/C=C\C. The van der Waals surface area contributed by atoms with E-state index in [0.29, 0.717) is 0 Å². The zero-order chi connectivity index (χ0) is 11.4. The Morgan fingerprint density at radius 3 is 2.88 bits per heavy atom. The molecule has 0 aromatic carbocycles. The Balaban J connectivity index is 2.48. The summed E-state index contributed by atoms with van der Waals surface area (Å²) in [7, 11) is 0. The van der Waals surface area contributed by atoms with Gasteiger partial charge in [-0.25, -0.2) is 9.67 Å². The first kappa shape index (κ1) is 10.4. The van der Waals surface area contributed by atoms with Crippen LogP contribution >= 0.6 is 0 Å². The van der Waals surface area contributed by atoms with Crippen LogP contribution in [0.4, 0.5) is 0 Å². The van der Waals surface area contributed by atoms with Crippen LogP contribution in [0.2, 0.25) is 0 Å². The third-order valence-corrected chi connectivity index (χ3v) is 2.20. The highest BCUT2D eigenvalue weighted by molar-refractivity contribution is 5.61. The Hall–Kier alpha value is -2.16. The topological polar surface area (TPSA) is 30.7 Å². The van der Waals surface area contributed by atoms with Gasteiger partial charge in [-0.1, -0.05) is 24.8 Å². The third-order valence-electron chi connectivity index (χ3n) is 2.20. The highest BCUT2D eigenvalue weighted by atomic mass is 15.3. The number of hydrogen-bond acceptors (Lipinski definition) is 2. The van der Waals surface area contributed by atoms with E-state index in [9.17, 15) is 0 Å². The van der Waals surface area contributed by atoms with Gasteiger partial charge in [-0.05, 0) is 25.1 Å². The molecule has 0 spiro atoms. The lowest BCUT2D eigenvalue weighted by Crippen LogP contribution is -1.96. The number of allylic oxidation sites excluding steroid dienone is 1. The summed E-state index contributed by atoms with van der Waals surface area (Å²) in [6.45, 7) is 5.74. The van der Waals surface area contributed by atoms with Crippen LogP contribution in [0.15, 0.2) is 43.2 Å². The van der Waals surface area contributed by atoms with Gasteiger partial charge < -0.3 is 0 Å². The van der Waals surface area contributed by atoms with Crippen molar-refractivity contribution >= 4 is 12.2 Å². The number of rotatable bonds is 3. The van der Waals surface area contributed by atoms with Gasteiger partial charge in [0.25, 0.3) is 0 Å². The van der Waals surface area contributed by atoms with Crippen molar-refractivity contribution in [1.82, 2.24) is 14.8 Å². The van der Waals surface area contributed by atoms with Gasteiger partial charge in [-0.15, -0.1) is 0 Å². The van der Waals surface area contributed by atoms with Crippen LogP contribution in [-0.4, -0.2) is 14.8 Å². The number of nitrogens with zero attached hydrogens (tertiary/aromatic N) is 3. The molecule has 0 aliphatic carbocycles. The maximum atomic E-state index is 4.44. The summed E-state index contributed by atoms with van der Waals surface area (Å²) in [6, 6.07) is 5.74. The van der Waals surface area contributed by atoms with E-state index in [1.165, 1.54) is 0 Å². The Kier molecular flexibility index (Phi) is 2.96. The lowest BCUT2D eigenvalue weighted by molar-refractivity contribution is 0.843. The molecular weight excluding hydrogens is 198 g/mol. The average Bonchev–Trinajstić information content (AvgIpc) is 2.74. The molecule has 2 aromatic rings. The molecule has 0 atom stereocenters. The van der Waals surface area contributed by atoms with Crippen molar-refractivity contribution in [3.63, 3.8) is 0 Å². The van der Waals surface area contributed by atoms with Crippen LogP contribution in [0.5, 0.6) is 0 Å². The maximum Gasteiger partial charge on any atom is 0.153 e. The molecule has 0 fully saturated rings. The van der Waals surface area contributed by atoms with Crippen molar-refractivity contribution in [3.8, 4) is 5.82 Å². The van der Waals surface area contributed by atoms with E-state index in [4.69, 9.17) is 0 Å². The smallest absolute Gasteiger partial charge is 0.153 e. The van der Waals surface area contributed by atoms with Gasteiger partial charge in [0.2, 0.25) is 0 Å². The molecule has 2 rings (SSSR count). The molecular formula is C13H13N3.